The van der Waals surface area contributed by atoms with Crippen LogP contribution >= 0.6 is 11.3 Å². The van der Waals surface area contributed by atoms with Gasteiger partial charge in [-0.1, -0.05) is 51.1 Å². The van der Waals surface area contributed by atoms with Crippen molar-refractivity contribution in [3.8, 4) is 27.6 Å². The molecule has 0 N–H and O–H groups in total. The number of aromatic nitrogens is 1. The van der Waals surface area contributed by atoms with Gasteiger partial charge in [0.2, 0.25) is 0 Å². The monoisotopic (exact) mass is 394 g/mol. The lowest BCUT2D eigenvalue weighted by Gasteiger charge is -2.30. The molecule has 148 valence electrons. The van der Waals surface area contributed by atoms with Gasteiger partial charge in [-0.15, -0.1) is 11.3 Å². The highest BCUT2D eigenvalue weighted by molar-refractivity contribution is 7.13. The van der Waals surface area contributed by atoms with Crippen LogP contribution in [0.4, 0.5) is 0 Å². The molecular weight excluding hydrogens is 364 g/mol. The van der Waals surface area contributed by atoms with Gasteiger partial charge in [0.05, 0.1) is 5.69 Å². The van der Waals surface area contributed by atoms with Gasteiger partial charge in [-0.25, -0.2) is 4.98 Å². The van der Waals surface area contributed by atoms with E-state index in [2.05, 4.69) is 67.4 Å². The summed E-state index contributed by atoms with van der Waals surface area (Å²) in [6.07, 6.45) is 3.40. The maximum atomic E-state index is 6.30. The van der Waals surface area contributed by atoms with E-state index in [0.717, 1.165) is 59.9 Å². The summed E-state index contributed by atoms with van der Waals surface area (Å²) in [5, 5.41) is 3.17. The quantitative estimate of drug-likeness (QED) is 0.357. The zero-order valence-electron chi connectivity index (χ0n) is 17.1. The number of rotatable bonds is 10. The molecule has 1 heterocycles. The summed E-state index contributed by atoms with van der Waals surface area (Å²) in [7, 11) is 0. The molecule has 3 rings (SSSR count). The standard InChI is InChI=1S/C24H30N2OS/c1-4-16-26(17-5-2)23(6-3)27-21-14-12-19(13-15-21)22-18-28-24(25-22)20-10-8-7-9-11-20/h7-15,18,23H,4-6,16-17H2,1-3H3. The third-order valence-corrected chi connectivity index (χ3v) is 5.62. The Morgan fingerprint density at radius 2 is 1.57 bits per heavy atom. The summed E-state index contributed by atoms with van der Waals surface area (Å²) in [5.41, 5.74) is 3.30. The second-order valence-corrected chi connectivity index (χ2v) is 7.80. The van der Waals surface area contributed by atoms with Gasteiger partial charge in [0.1, 0.15) is 10.8 Å². The zero-order valence-corrected chi connectivity index (χ0v) is 17.9. The Bertz CT molecular complexity index is 823. The topological polar surface area (TPSA) is 25.4 Å². The molecule has 1 aromatic heterocycles. The van der Waals surface area contributed by atoms with Gasteiger partial charge < -0.3 is 4.74 Å². The molecule has 0 saturated carbocycles. The molecule has 4 heteroatoms. The fraction of sp³-hybridized carbons (Fsp3) is 0.375. The normalized spacial score (nSPS) is 12.3. The van der Waals surface area contributed by atoms with Crippen LogP contribution in [0.3, 0.4) is 0 Å². The average Bonchev–Trinajstić information content (AvgIpc) is 3.23. The number of thiazole rings is 1. The van der Waals surface area contributed by atoms with Crippen molar-refractivity contribution in [1.82, 2.24) is 9.88 Å². The van der Waals surface area contributed by atoms with Gasteiger partial charge in [-0.3, -0.25) is 4.90 Å². The van der Waals surface area contributed by atoms with Crippen LogP contribution in [0.2, 0.25) is 0 Å². The highest BCUT2D eigenvalue weighted by Gasteiger charge is 2.17. The molecule has 3 aromatic rings. The molecule has 0 spiro atoms. The lowest BCUT2D eigenvalue weighted by molar-refractivity contribution is 0.0221. The Morgan fingerprint density at radius 3 is 2.18 bits per heavy atom. The lowest BCUT2D eigenvalue weighted by Crippen LogP contribution is -2.40. The first-order chi connectivity index (χ1) is 13.7. The molecule has 3 nitrogen and oxygen atoms in total. The molecule has 2 aromatic carbocycles. The van der Waals surface area contributed by atoms with Gasteiger partial charge in [0.15, 0.2) is 6.23 Å². The van der Waals surface area contributed by atoms with E-state index < -0.39 is 0 Å². The minimum absolute atomic E-state index is 0.134. The van der Waals surface area contributed by atoms with Crippen LogP contribution in [-0.4, -0.2) is 29.2 Å². The molecule has 0 radical (unpaired) electrons. The molecule has 0 aliphatic carbocycles. The minimum atomic E-state index is 0.134. The van der Waals surface area contributed by atoms with E-state index in [-0.39, 0.29) is 6.23 Å². The van der Waals surface area contributed by atoms with Crippen LogP contribution in [0.25, 0.3) is 21.8 Å². The Labute approximate surface area is 173 Å². The van der Waals surface area contributed by atoms with E-state index in [4.69, 9.17) is 9.72 Å². The second-order valence-electron chi connectivity index (χ2n) is 6.95. The van der Waals surface area contributed by atoms with E-state index in [1.807, 2.05) is 18.2 Å². The van der Waals surface area contributed by atoms with Crippen molar-refractivity contribution in [2.24, 2.45) is 0 Å². The zero-order chi connectivity index (χ0) is 19.8. The van der Waals surface area contributed by atoms with Crippen molar-refractivity contribution >= 4 is 11.3 Å². The van der Waals surface area contributed by atoms with E-state index in [9.17, 15) is 0 Å². The fourth-order valence-corrected chi connectivity index (χ4v) is 4.21. The minimum Gasteiger partial charge on any atom is -0.475 e. The summed E-state index contributed by atoms with van der Waals surface area (Å²) < 4.78 is 6.30. The second kappa shape index (κ2) is 10.4. The molecule has 0 amide bonds. The van der Waals surface area contributed by atoms with Gasteiger partial charge in [-0.2, -0.15) is 0 Å². The van der Waals surface area contributed by atoms with Gasteiger partial charge in [0, 0.05) is 29.6 Å². The first-order valence-corrected chi connectivity index (χ1v) is 11.1. The number of ether oxygens (including phenoxy) is 1. The average molecular weight is 395 g/mol. The summed E-state index contributed by atoms with van der Waals surface area (Å²) in [6.45, 7) is 8.79. The van der Waals surface area contributed by atoms with Crippen LogP contribution in [-0.2, 0) is 0 Å². The van der Waals surface area contributed by atoms with E-state index in [1.54, 1.807) is 11.3 Å². The van der Waals surface area contributed by atoms with Crippen LogP contribution in [0.15, 0.2) is 60.0 Å². The third-order valence-electron chi connectivity index (χ3n) is 4.73. The third kappa shape index (κ3) is 5.21. The van der Waals surface area contributed by atoms with E-state index in [1.165, 1.54) is 0 Å². The van der Waals surface area contributed by atoms with Gasteiger partial charge in [0.25, 0.3) is 0 Å². The van der Waals surface area contributed by atoms with Crippen LogP contribution < -0.4 is 4.74 Å². The molecule has 1 unspecified atom stereocenters. The van der Waals surface area contributed by atoms with Crippen molar-refractivity contribution in [3.05, 3.63) is 60.0 Å². The van der Waals surface area contributed by atoms with Gasteiger partial charge in [-0.05, 0) is 43.5 Å². The molecular formula is C24H30N2OS. The smallest absolute Gasteiger partial charge is 0.152 e. The summed E-state index contributed by atoms with van der Waals surface area (Å²) >= 11 is 1.68. The van der Waals surface area contributed by atoms with E-state index >= 15 is 0 Å². The Morgan fingerprint density at radius 1 is 0.893 bits per heavy atom. The number of hydrogen-bond acceptors (Lipinski definition) is 4. The van der Waals surface area contributed by atoms with Gasteiger partial charge >= 0.3 is 0 Å². The molecule has 1 atom stereocenters. The molecule has 28 heavy (non-hydrogen) atoms. The Hall–Kier alpha value is -2.17. The highest BCUT2D eigenvalue weighted by atomic mass is 32.1. The molecule has 0 bridgehead atoms. The largest absolute Gasteiger partial charge is 0.475 e. The van der Waals surface area contributed by atoms with Crippen molar-refractivity contribution in [2.75, 3.05) is 13.1 Å². The first-order valence-electron chi connectivity index (χ1n) is 10.3. The fourth-order valence-electron chi connectivity index (χ4n) is 3.37. The van der Waals surface area contributed by atoms with Crippen molar-refractivity contribution in [2.45, 2.75) is 46.3 Å². The molecule has 0 fully saturated rings. The molecule has 0 aliphatic rings. The van der Waals surface area contributed by atoms with Crippen molar-refractivity contribution < 1.29 is 4.74 Å². The first kappa shape index (κ1) is 20.6. The predicted octanol–water partition coefficient (Wildman–Crippen LogP) is 6.71. The Balaban J connectivity index is 1.70. The van der Waals surface area contributed by atoms with Crippen LogP contribution in [0.5, 0.6) is 5.75 Å². The maximum absolute atomic E-state index is 6.30. The summed E-state index contributed by atoms with van der Waals surface area (Å²) in [4.78, 5) is 7.25. The molecule has 0 aliphatic heterocycles. The van der Waals surface area contributed by atoms with Crippen molar-refractivity contribution in [1.29, 1.82) is 0 Å². The summed E-state index contributed by atoms with van der Waals surface area (Å²) in [6, 6.07) is 18.7. The maximum Gasteiger partial charge on any atom is 0.152 e. The highest BCUT2D eigenvalue weighted by Crippen LogP contribution is 2.30. The Kier molecular flexibility index (Phi) is 7.63. The van der Waals surface area contributed by atoms with Crippen molar-refractivity contribution in [3.63, 3.8) is 0 Å². The molecule has 0 saturated heterocycles. The number of nitrogens with zero attached hydrogens (tertiary/aromatic N) is 2. The van der Waals surface area contributed by atoms with Crippen LogP contribution in [0.1, 0.15) is 40.0 Å². The lowest BCUT2D eigenvalue weighted by atomic mass is 10.1. The van der Waals surface area contributed by atoms with Crippen LogP contribution in [0, 0.1) is 0 Å². The number of benzene rings is 2. The SMILES string of the molecule is CCCN(CCC)C(CC)Oc1ccc(-c2csc(-c3ccccc3)n2)cc1. The number of hydrogen-bond donors (Lipinski definition) is 0. The predicted molar refractivity (Wildman–Crippen MR) is 120 cm³/mol. The van der Waals surface area contributed by atoms with E-state index in [0.29, 0.717) is 0 Å². The summed E-state index contributed by atoms with van der Waals surface area (Å²) in [5.74, 6) is 0.923.